The van der Waals surface area contributed by atoms with Crippen molar-refractivity contribution in [3.05, 3.63) is 65.7 Å². The third kappa shape index (κ3) is 4.21. The highest BCUT2D eigenvalue weighted by atomic mass is 32.2. The van der Waals surface area contributed by atoms with Crippen LogP contribution in [0, 0.1) is 6.92 Å². The zero-order valence-electron chi connectivity index (χ0n) is 16.6. The van der Waals surface area contributed by atoms with E-state index in [1.807, 2.05) is 65.0 Å². The number of ether oxygens (including phenoxy) is 1. The molecule has 4 rings (SSSR count). The third-order valence-corrected chi connectivity index (χ3v) is 6.37. The van der Waals surface area contributed by atoms with E-state index in [1.165, 1.54) is 11.8 Å². The summed E-state index contributed by atoms with van der Waals surface area (Å²) in [6.07, 6.45) is 0. The van der Waals surface area contributed by atoms with Gasteiger partial charge in [-0.15, -0.1) is 10.2 Å². The first-order valence-corrected chi connectivity index (χ1v) is 10.6. The van der Waals surface area contributed by atoms with Crippen molar-refractivity contribution >= 4 is 17.7 Å². The Labute approximate surface area is 174 Å². The summed E-state index contributed by atoms with van der Waals surface area (Å²) in [6.45, 7) is 4.47. The first-order chi connectivity index (χ1) is 14.1. The zero-order chi connectivity index (χ0) is 20.2. The number of thioether (sulfide) groups is 1. The molecule has 0 spiro atoms. The summed E-state index contributed by atoms with van der Waals surface area (Å²) < 4.78 is 7.38. The van der Waals surface area contributed by atoms with E-state index in [9.17, 15) is 4.79 Å². The monoisotopic (exact) mass is 408 g/mol. The van der Waals surface area contributed by atoms with Gasteiger partial charge in [-0.2, -0.15) is 0 Å². The Balaban J connectivity index is 1.65. The second-order valence-electron chi connectivity index (χ2n) is 7.03. The Morgan fingerprint density at radius 2 is 1.72 bits per heavy atom. The van der Waals surface area contributed by atoms with Crippen molar-refractivity contribution in [1.82, 2.24) is 19.7 Å². The predicted octanol–water partition coefficient (Wildman–Crippen LogP) is 3.48. The topological polar surface area (TPSA) is 60.3 Å². The van der Waals surface area contributed by atoms with Gasteiger partial charge in [-0.1, -0.05) is 66.4 Å². The van der Waals surface area contributed by atoms with Gasteiger partial charge in [0.1, 0.15) is 5.25 Å². The quantitative estimate of drug-likeness (QED) is 0.605. The van der Waals surface area contributed by atoms with Crippen LogP contribution >= 0.6 is 11.8 Å². The SMILES string of the molecule is Cc1ccccc1-c1nnc(S[C@H](C(=O)N2CCOCC2)c2ccccc2)n1C. The van der Waals surface area contributed by atoms with Gasteiger partial charge in [0.15, 0.2) is 11.0 Å². The molecule has 1 saturated heterocycles. The molecule has 2 aromatic carbocycles. The molecule has 29 heavy (non-hydrogen) atoms. The van der Waals surface area contributed by atoms with Crippen molar-refractivity contribution in [2.75, 3.05) is 26.3 Å². The Kier molecular flexibility index (Phi) is 5.97. The molecule has 0 N–H and O–H groups in total. The lowest BCUT2D eigenvalue weighted by molar-refractivity contribution is -0.134. The Hall–Kier alpha value is -2.64. The molecule has 1 fully saturated rings. The van der Waals surface area contributed by atoms with Crippen LogP contribution in [0.3, 0.4) is 0 Å². The Morgan fingerprint density at radius 3 is 2.45 bits per heavy atom. The van der Waals surface area contributed by atoms with Gasteiger partial charge in [0, 0.05) is 25.7 Å². The lowest BCUT2D eigenvalue weighted by Gasteiger charge is -2.30. The van der Waals surface area contributed by atoms with Gasteiger partial charge in [0.05, 0.1) is 13.2 Å². The average molecular weight is 409 g/mol. The molecule has 1 atom stereocenters. The maximum absolute atomic E-state index is 13.3. The van der Waals surface area contributed by atoms with Gasteiger partial charge < -0.3 is 14.2 Å². The molecular weight excluding hydrogens is 384 g/mol. The number of benzene rings is 2. The second-order valence-corrected chi connectivity index (χ2v) is 8.10. The van der Waals surface area contributed by atoms with Gasteiger partial charge in [0.2, 0.25) is 5.91 Å². The lowest BCUT2D eigenvalue weighted by atomic mass is 10.1. The highest BCUT2D eigenvalue weighted by molar-refractivity contribution is 8.00. The van der Waals surface area contributed by atoms with E-state index in [0.29, 0.717) is 26.3 Å². The first-order valence-electron chi connectivity index (χ1n) is 9.68. The minimum absolute atomic E-state index is 0.0879. The van der Waals surface area contributed by atoms with Gasteiger partial charge in [-0.3, -0.25) is 4.79 Å². The molecule has 7 heteroatoms. The van der Waals surface area contributed by atoms with Gasteiger partial charge in [0.25, 0.3) is 0 Å². The summed E-state index contributed by atoms with van der Waals surface area (Å²) in [6, 6.07) is 18.0. The van der Waals surface area contributed by atoms with E-state index in [-0.39, 0.29) is 11.2 Å². The molecule has 0 unspecified atom stereocenters. The van der Waals surface area contributed by atoms with Gasteiger partial charge in [-0.05, 0) is 18.1 Å². The van der Waals surface area contributed by atoms with E-state index < -0.39 is 0 Å². The molecule has 0 bridgehead atoms. The highest BCUT2D eigenvalue weighted by Gasteiger charge is 2.30. The van der Waals surface area contributed by atoms with E-state index in [2.05, 4.69) is 23.2 Å². The van der Waals surface area contributed by atoms with Gasteiger partial charge >= 0.3 is 0 Å². The van der Waals surface area contributed by atoms with Crippen LogP contribution in [-0.2, 0) is 16.6 Å². The van der Waals surface area contributed by atoms with Crippen molar-refractivity contribution < 1.29 is 9.53 Å². The summed E-state index contributed by atoms with van der Waals surface area (Å²) in [7, 11) is 1.95. The molecule has 0 aliphatic carbocycles. The predicted molar refractivity (Wildman–Crippen MR) is 114 cm³/mol. The van der Waals surface area contributed by atoms with E-state index in [1.54, 1.807) is 0 Å². The summed E-state index contributed by atoms with van der Waals surface area (Å²) in [5.41, 5.74) is 3.16. The lowest BCUT2D eigenvalue weighted by Crippen LogP contribution is -2.42. The van der Waals surface area contributed by atoms with Crippen LogP contribution in [0.2, 0.25) is 0 Å². The molecule has 1 aliphatic rings. The zero-order valence-corrected chi connectivity index (χ0v) is 17.4. The smallest absolute Gasteiger partial charge is 0.240 e. The molecular formula is C22H24N4O2S. The minimum Gasteiger partial charge on any atom is -0.378 e. The second kappa shape index (κ2) is 8.80. The number of carbonyl (C=O) groups is 1. The normalized spacial score (nSPS) is 15.3. The maximum atomic E-state index is 13.3. The number of hydrogen-bond donors (Lipinski definition) is 0. The summed E-state index contributed by atoms with van der Waals surface area (Å²) in [5, 5.41) is 9.17. The van der Waals surface area contributed by atoms with Crippen molar-refractivity contribution in [2.45, 2.75) is 17.3 Å². The van der Waals surface area contributed by atoms with E-state index in [0.717, 1.165) is 27.7 Å². The van der Waals surface area contributed by atoms with E-state index in [4.69, 9.17) is 4.74 Å². The number of carbonyl (C=O) groups excluding carboxylic acids is 1. The Bertz CT molecular complexity index is 983. The number of morpholine rings is 1. The maximum Gasteiger partial charge on any atom is 0.240 e. The number of rotatable bonds is 5. The molecule has 1 aromatic heterocycles. The van der Waals surface area contributed by atoms with Crippen molar-refractivity contribution in [3.8, 4) is 11.4 Å². The van der Waals surface area contributed by atoms with Crippen LogP contribution in [0.1, 0.15) is 16.4 Å². The number of aromatic nitrogens is 3. The van der Waals surface area contributed by atoms with Crippen molar-refractivity contribution in [2.24, 2.45) is 7.05 Å². The minimum atomic E-state index is -0.373. The molecule has 6 nitrogen and oxygen atoms in total. The molecule has 1 amide bonds. The fraction of sp³-hybridized carbons (Fsp3) is 0.318. The fourth-order valence-electron chi connectivity index (χ4n) is 3.42. The first kappa shape index (κ1) is 19.7. The molecule has 1 aliphatic heterocycles. The van der Waals surface area contributed by atoms with Gasteiger partial charge in [-0.25, -0.2) is 0 Å². The van der Waals surface area contributed by atoms with Crippen LogP contribution in [0.25, 0.3) is 11.4 Å². The summed E-state index contributed by atoms with van der Waals surface area (Å²) >= 11 is 1.45. The van der Waals surface area contributed by atoms with Crippen molar-refractivity contribution in [1.29, 1.82) is 0 Å². The number of hydrogen-bond acceptors (Lipinski definition) is 5. The average Bonchev–Trinajstić information content (AvgIpc) is 3.13. The third-order valence-electron chi connectivity index (χ3n) is 5.09. The standard InChI is InChI=1S/C22H24N4O2S/c1-16-8-6-7-11-18(16)20-23-24-22(25(20)2)29-19(17-9-4-3-5-10-17)21(27)26-12-14-28-15-13-26/h3-11,19H,12-15H2,1-2H3/t19-/m0/s1. The molecule has 3 aromatic rings. The van der Waals surface area contributed by atoms with Crippen molar-refractivity contribution in [3.63, 3.8) is 0 Å². The van der Waals surface area contributed by atoms with Crippen LogP contribution < -0.4 is 0 Å². The number of nitrogens with zero attached hydrogens (tertiary/aromatic N) is 4. The highest BCUT2D eigenvalue weighted by Crippen LogP contribution is 2.37. The fourth-order valence-corrected chi connectivity index (χ4v) is 4.51. The molecule has 0 radical (unpaired) electrons. The summed E-state index contributed by atoms with van der Waals surface area (Å²) in [4.78, 5) is 15.2. The number of amides is 1. The van der Waals surface area contributed by atoms with Crippen LogP contribution in [0.5, 0.6) is 0 Å². The molecule has 150 valence electrons. The summed E-state index contributed by atoms with van der Waals surface area (Å²) in [5.74, 6) is 0.890. The van der Waals surface area contributed by atoms with Crippen LogP contribution in [0.15, 0.2) is 59.8 Å². The van der Waals surface area contributed by atoms with Crippen LogP contribution in [-0.4, -0.2) is 51.9 Å². The number of aryl methyl sites for hydroxylation is 1. The van der Waals surface area contributed by atoms with E-state index >= 15 is 0 Å². The van der Waals surface area contributed by atoms with Crippen LogP contribution in [0.4, 0.5) is 0 Å². The molecule has 0 saturated carbocycles. The molecule has 2 heterocycles. The largest absolute Gasteiger partial charge is 0.378 e. The Morgan fingerprint density at radius 1 is 1.03 bits per heavy atom.